The molecule has 6 heteroatoms. The second kappa shape index (κ2) is 6.84. The van der Waals surface area contributed by atoms with Crippen LogP contribution in [0.1, 0.15) is 10.4 Å². The first-order valence-corrected chi connectivity index (χ1v) is 5.83. The van der Waals surface area contributed by atoms with Gasteiger partial charge in [-0.1, -0.05) is 0 Å². The summed E-state index contributed by atoms with van der Waals surface area (Å²) in [5.41, 5.74) is 0.554. The Bertz CT molecular complexity index is 356. The first kappa shape index (κ1) is 12.5. The van der Waals surface area contributed by atoms with Crippen molar-refractivity contribution in [1.29, 1.82) is 0 Å². The Morgan fingerprint density at radius 1 is 1.38 bits per heavy atom. The van der Waals surface area contributed by atoms with Crippen molar-refractivity contribution >= 4 is 23.6 Å². The lowest BCUT2D eigenvalue weighted by molar-refractivity contribution is -0.133. The van der Waals surface area contributed by atoms with E-state index in [4.69, 9.17) is 5.11 Å². The molecule has 0 radical (unpaired) electrons. The molecule has 0 saturated carbocycles. The number of amides is 1. The summed E-state index contributed by atoms with van der Waals surface area (Å²) in [6.07, 6.45) is 3.10. The summed E-state index contributed by atoms with van der Waals surface area (Å²) in [6, 6.07) is 3.25. The number of hydrogen-bond acceptors (Lipinski definition) is 4. The third-order valence-corrected chi connectivity index (χ3v) is 2.64. The van der Waals surface area contributed by atoms with E-state index in [1.165, 1.54) is 11.8 Å². The van der Waals surface area contributed by atoms with E-state index in [0.29, 0.717) is 17.9 Å². The summed E-state index contributed by atoms with van der Waals surface area (Å²) in [5.74, 6) is -0.363. The molecule has 1 amide bonds. The molecule has 0 aliphatic carbocycles. The van der Waals surface area contributed by atoms with Crippen LogP contribution in [0.5, 0.6) is 0 Å². The van der Waals surface area contributed by atoms with Crippen molar-refractivity contribution in [3.63, 3.8) is 0 Å². The predicted molar refractivity (Wildman–Crippen MR) is 61.5 cm³/mol. The largest absolute Gasteiger partial charge is 0.481 e. The Kier molecular flexibility index (Phi) is 5.35. The molecule has 0 bridgehead atoms. The monoisotopic (exact) mass is 240 g/mol. The molecule has 0 aliphatic rings. The normalized spacial score (nSPS) is 9.75. The Morgan fingerprint density at radius 3 is 2.69 bits per heavy atom. The maximum Gasteiger partial charge on any atom is 0.313 e. The van der Waals surface area contributed by atoms with E-state index in [1.54, 1.807) is 24.5 Å². The minimum absolute atomic E-state index is 0.0606. The van der Waals surface area contributed by atoms with Crippen molar-refractivity contribution in [3.8, 4) is 0 Å². The number of carbonyl (C=O) groups is 2. The summed E-state index contributed by atoms with van der Waals surface area (Å²) >= 11 is 1.27. The van der Waals surface area contributed by atoms with Gasteiger partial charge in [0.1, 0.15) is 0 Å². The van der Waals surface area contributed by atoms with Gasteiger partial charge in [-0.3, -0.25) is 14.6 Å². The molecule has 1 rings (SSSR count). The third-order valence-electron chi connectivity index (χ3n) is 1.70. The van der Waals surface area contributed by atoms with Gasteiger partial charge in [0, 0.05) is 30.3 Å². The third kappa shape index (κ3) is 4.79. The first-order valence-electron chi connectivity index (χ1n) is 4.68. The van der Waals surface area contributed by atoms with Crippen LogP contribution in [0.2, 0.25) is 0 Å². The van der Waals surface area contributed by atoms with Crippen LogP contribution in [-0.2, 0) is 4.79 Å². The molecule has 86 valence electrons. The molecule has 0 saturated heterocycles. The van der Waals surface area contributed by atoms with Gasteiger partial charge in [0.05, 0.1) is 5.75 Å². The fourth-order valence-electron chi connectivity index (χ4n) is 1.00. The summed E-state index contributed by atoms with van der Waals surface area (Å²) in [5, 5.41) is 11.1. The minimum Gasteiger partial charge on any atom is -0.481 e. The molecule has 5 nitrogen and oxygen atoms in total. The zero-order chi connectivity index (χ0) is 11.8. The van der Waals surface area contributed by atoms with Crippen molar-refractivity contribution < 1.29 is 14.7 Å². The molecule has 0 atom stereocenters. The number of carbonyl (C=O) groups excluding carboxylic acids is 1. The molecule has 0 unspecified atom stereocenters. The topological polar surface area (TPSA) is 79.3 Å². The second-order valence-corrected chi connectivity index (χ2v) is 4.04. The summed E-state index contributed by atoms with van der Waals surface area (Å²) < 4.78 is 0. The van der Waals surface area contributed by atoms with Crippen molar-refractivity contribution in [2.24, 2.45) is 0 Å². The molecular formula is C10H12N2O3S. The number of carboxylic acid groups (broad SMARTS) is 1. The highest BCUT2D eigenvalue weighted by atomic mass is 32.2. The Morgan fingerprint density at radius 2 is 2.06 bits per heavy atom. The van der Waals surface area contributed by atoms with Crippen LogP contribution in [-0.4, -0.2) is 40.0 Å². The Balaban J connectivity index is 2.19. The highest BCUT2D eigenvalue weighted by molar-refractivity contribution is 7.99. The highest BCUT2D eigenvalue weighted by Crippen LogP contribution is 1.98. The van der Waals surface area contributed by atoms with Gasteiger partial charge in [-0.05, 0) is 12.1 Å². The van der Waals surface area contributed by atoms with Crippen LogP contribution in [0, 0.1) is 0 Å². The van der Waals surface area contributed by atoms with Crippen LogP contribution in [0.25, 0.3) is 0 Å². The molecule has 1 heterocycles. The highest BCUT2D eigenvalue weighted by Gasteiger charge is 2.03. The van der Waals surface area contributed by atoms with Gasteiger partial charge in [0.25, 0.3) is 5.91 Å². The zero-order valence-corrected chi connectivity index (χ0v) is 9.37. The summed E-state index contributed by atoms with van der Waals surface area (Å²) in [4.78, 5) is 25.5. The Labute approximate surface area is 97.3 Å². The molecule has 0 aliphatic heterocycles. The average Bonchev–Trinajstić information content (AvgIpc) is 2.29. The van der Waals surface area contributed by atoms with Crippen LogP contribution >= 0.6 is 11.8 Å². The van der Waals surface area contributed by atoms with Crippen molar-refractivity contribution in [2.75, 3.05) is 18.1 Å². The molecule has 16 heavy (non-hydrogen) atoms. The van der Waals surface area contributed by atoms with E-state index in [9.17, 15) is 9.59 Å². The molecule has 1 aromatic rings. The van der Waals surface area contributed by atoms with Crippen LogP contribution in [0.3, 0.4) is 0 Å². The SMILES string of the molecule is O=C(O)CSCCNC(=O)c1ccncc1. The number of aromatic nitrogens is 1. The molecule has 0 aromatic carbocycles. The second-order valence-electron chi connectivity index (χ2n) is 2.94. The van der Waals surface area contributed by atoms with E-state index in [-0.39, 0.29) is 11.7 Å². The number of nitrogens with one attached hydrogen (secondary N) is 1. The summed E-state index contributed by atoms with van der Waals surface area (Å²) in [7, 11) is 0. The van der Waals surface area contributed by atoms with Gasteiger partial charge in [-0.2, -0.15) is 0 Å². The number of pyridine rings is 1. The zero-order valence-electron chi connectivity index (χ0n) is 8.55. The number of hydrogen-bond donors (Lipinski definition) is 2. The van der Waals surface area contributed by atoms with E-state index >= 15 is 0 Å². The lowest BCUT2D eigenvalue weighted by atomic mass is 10.2. The molecule has 0 spiro atoms. The number of rotatable bonds is 6. The average molecular weight is 240 g/mol. The maximum absolute atomic E-state index is 11.5. The quantitative estimate of drug-likeness (QED) is 0.713. The van der Waals surface area contributed by atoms with Crippen molar-refractivity contribution in [3.05, 3.63) is 30.1 Å². The standard InChI is InChI=1S/C10H12N2O3S/c13-9(14)7-16-6-5-12-10(15)8-1-3-11-4-2-8/h1-4H,5-7H2,(H,12,15)(H,13,14). The van der Waals surface area contributed by atoms with Gasteiger partial charge in [0.15, 0.2) is 0 Å². The van der Waals surface area contributed by atoms with Gasteiger partial charge < -0.3 is 10.4 Å². The number of aliphatic carboxylic acids is 1. The Hall–Kier alpha value is -1.56. The maximum atomic E-state index is 11.5. The van der Waals surface area contributed by atoms with E-state index in [0.717, 1.165) is 0 Å². The number of carboxylic acids is 1. The first-order chi connectivity index (χ1) is 7.70. The summed E-state index contributed by atoms with van der Waals surface area (Å²) in [6.45, 7) is 0.457. The van der Waals surface area contributed by atoms with E-state index in [2.05, 4.69) is 10.3 Å². The van der Waals surface area contributed by atoms with E-state index in [1.807, 2.05) is 0 Å². The number of thioether (sulfide) groups is 1. The fraction of sp³-hybridized carbons (Fsp3) is 0.300. The van der Waals surface area contributed by atoms with Crippen molar-refractivity contribution in [1.82, 2.24) is 10.3 Å². The predicted octanol–water partition coefficient (Wildman–Crippen LogP) is 0.629. The molecular weight excluding hydrogens is 228 g/mol. The van der Waals surface area contributed by atoms with Crippen molar-refractivity contribution in [2.45, 2.75) is 0 Å². The van der Waals surface area contributed by atoms with Crippen LogP contribution in [0.15, 0.2) is 24.5 Å². The van der Waals surface area contributed by atoms with Crippen LogP contribution in [0.4, 0.5) is 0 Å². The molecule has 0 fully saturated rings. The van der Waals surface area contributed by atoms with Gasteiger partial charge in [-0.15, -0.1) is 11.8 Å². The van der Waals surface area contributed by atoms with Gasteiger partial charge >= 0.3 is 5.97 Å². The van der Waals surface area contributed by atoms with Gasteiger partial charge in [0.2, 0.25) is 0 Å². The van der Waals surface area contributed by atoms with Gasteiger partial charge in [-0.25, -0.2) is 0 Å². The number of nitrogens with zero attached hydrogens (tertiary/aromatic N) is 1. The minimum atomic E-state index is -0.842. The van der Waals surface area contributed by atoms with E-state index < -0.39 is 5.97 Å². The smallest absolute Gasteiger partial charge is 0.313 e. The lowest BCUT2D eigenvalue weighted by Crippen LogP contribution is -2.25. The lowest BCUT2D eigenvalue weighted by Gasteiger charge is -2.03. The molecule has 1 aromatic heterocycles. The molecule has 2 N–H and O–H groups in total. The van der Waals surface area contributed by atoms with Crippen LogP contribution < -0.4 is 5.32 Å². The fourth-order valence-corrected chi connectivity index (χ4v) is 1.57.